The molecular weight excluding hydrogens is 246 g/mol. The minimum atomic E-state index is 0.645. The van der Waals surface area contributed by atoms with Crippen LogP contribution < -0.4 is 10.1 Å². The topological polar surface area (TPSA) is 21.3 Å². The molecule has 0 bridgehead atoms. The van der Waals surface area contributed by atoms with E-state index in [1.54, 1.807) is 0 Å². The first-order valence-corrected chi connectivity index (χ1v) is 8.31. The fraction of sp³-hybridized carbons (Fsp3) is 0.667. The van der Waals surface area contributed by atoms with Crippen molar-refractivity contribution in [2.24, 2.45) is 0 Å². The molecule has 1 aromatic rings. The quantitative estimate of drug-likeness (QED) is 0.721. The van der Waals surface area contributed by atoms with Crippen LogP contribution in [0.2, 0.25) is 0 Å². The van der Waals surface area contributed by atoms with Crippen molar-refractivity contribution in [3.8, 4) is 5.75 Å². The lowest BCUT2D eigenvalue weighted by atomic mass is 9.92. The zero-order valence-electron chi connectivity index (χ0n) is 13.1. The van der Waals surface area contributed by atoms with Crippen molar-refractivity contribution in [1.29, 1.82) is 0 Å². The van der Waals surface area contributed by atoms with Gasteiger partial charge in [0.15, 0.2) is 0 Å². The van der Waals surface area contributed by atoms with Gasteiger partial charge >= 0.3 is 0 Å². The van der Waals surface area contributed by atoms with Gasteiger partial charge in [0.05, 0.1) is 6.61 Å². The monoisotopic (exact) mass is 275 g/mol. The third kappa shape index (κ3) is 4.52. The molecule has 0 heterocycles. The number of rotatable bonds is 8. The van der Waals surface area contributed by atoms with Crippen LogP contribution in [0.25, 0.3) is 0 Å². The van der Waals surface area contributed by atoms with Crippen LogP contribution in [0.3, 0.4) is 0 Å². The summed E-state index contributed by atoms with van der Waals surface area (Å²) in [4.78, 5) is 0. The molecule has 2 rings (SSSR count). The van der Waals surface area contributed by atoms with Crippen LogP contribution in [0.5, 0.6) is 5.75 Å². The fourth-order valence-electron chi connectivity index (χ4n) is 3.06. The van der Waals surface area contributed by atoms with E-state index in [1.807, 2.05) is 0 Å². The van der Waals surface area contributed by atoms with Crippen LogP contribution in [0.4, 0.5) is 0 Å². The van der Waals surface area contributed by atoms with E-state index >= 15 is 0 Å². The molecule has 1 atom stereocenters. The van der Waals surface area contributed by atoms with E-state index in [-0.39, 0.29) is 0 Å². The summed E-state index contributed by atoms with van der Waals surface area (Å²) in [6.07, 6.45) is 8.68. The summed E-state index contributed by atoms with van der Waals surface area (Å²) in [7, 11) is 0. The molecule has 0 saturated carbocycles. The first kappa shape index (κ1) is 15.4. The maximum atomic E-state index is 5.92. The first-order chi connectivity index (χ1) is 9.83. The number of ether oxygens (including phenoxy) is 1. The summed E-state index contributed by atoms with van der Waals surface area (Å²) in [5.74, 6) is 1.06. The Morgan fingerprint density at radius 3 is 2.70 bits per heavy atom. The van der Waals surface area contributed by atoms with E-state index < -0.39 is 0 Å². The normalized spacial score (nSPS) is 15.7. The Labute approximate surface area is 123 Å². The van der Waals surface area contributed by atoms with Crippen molar-refractivity contribution in [1.82, 2.24) is 5.32 Å². The van der Waals surface area contributed by atoms with Gasteiger partial charge in [-0.15, -0.1) is 0 Å². The average Bonchev–Trinajstić information content (AvgIpc) is 2.50. The minimum Gasteiger partial charge on any atom is -0.494 e. The van der Waals surface area contributed by atoms with Crippen LogP contribution in [0, 0.1) is 0 Å². The molecule has 112 valence electrons. The molecule has 0 aromatic heterocycles. The van der Waals surface area contributed by atoms with Crippen LogP contribution in [-0.2, 0) is 12.8 Å². The number of hydrogen-bond acceptors (Lipinski definition) is 2. The smallest absolute Gasteiger partial charge is 0.119 e. The van der Waals surface area contributed by atoms with Gasteiger partial charge in [-0.05, 0) is 74.8 Å². The summed E-state index contributed by atoms with van der Waals surface area (Å²) in [5, 5.41) is 3.52. The molecule has 2 nitrogen and oxygen atoms in total. The highest BCUT2D eigenvalue weighted by Gasteiger charge is 2.10. The third-order valence-corrected chi connectivity index (χ3v) is 4.27. The van der Waals surface area contributed by atoms with Crippen molar-refractivity contribution in [3.05, 3.63) is 29.3 Å². The van der Waals surface area contributed by atoms with Crippen molar-refractivity contribution >= 4 is 0 Å². The Hall–Kier alpha value is -1.02. The van der Waals surface area contributed by atoms with Crippen LogP contribution in [-0.4, -0.2) is 19.2 Å². The molecule has 0 aliphatic heterocycles. The zero-order valence-corrected chi connectivity index (χ0v) is 13.1. The SMILES string of the molecule is CCNC(CC)CCCOc1ccc2c(c1)CCCC2. The van der Waals surface area contributed by atoms with E-state index in [9.17, 15) is 0 Å². The van der Waals surface area contributed by atoms with Gasteiger partial charge in [-0.25, -0.2) is 0 Å². The summed E-state index contributed by atoms with van der Waals surface area (Å²) >= 11 is 0. The summed E-state index contributed by atoms with van der Waals surface area (Å²) in [5.41, 5.74) is 3.04. The molecule has 1 aliphatic rings. The van der Waals surface area contributed by atoms with E-state index in [0.29, 0.717) is 6.04 Å². The maximum absolute atomic E-state index is 5.92. The van der Waals surface area contributed by atoms with Gasteiger partial charge in [-0.1, -0.05) is 19.9 Å². The predicted molar refractivity (Wildman–Crippen MR) is 85.6 cm³/mol. The average molecular weight is 275 g/mol. The molecule has 20 heavy (non-hydrogen) atoms. The van der Waals surface area contributed by atoms with Crippen LogP contribution >= 0.6 is 0 Å². The highest BCUT2D eigenvalue weighted by molar-refractivity contribution is 5.37. The van der Waals surface area contributed by atoms with Crippen molar-refractivity contribution in [2.75, 3.05) is 13.2 Å². The van der Waals surface area contributed by atoms with Gasteiger partial charge in [-0.2, -0.15) is 0 Å². The van der Waals surface area contributed by atoms with Gasteiger partial charge in [0.2, 0.25) is 0 Å². The maximum Gasteiger partial charge on any atom is 0.119 e. The van der Waals surface area contributed by atoms with Gasteiger partial charge in [0, 0.05) is 6.04 Å². The van der Waals surface area contributed by atoms with Gasteiger partial charge in [0.1, 0.15) is 5.75 Å². The largest absolute Gasteiger partial charge is 0.494 e. The number of hydrogen-bond donors (Lipinski definition) is 1. The number of aryl methyl sites for hydroxylation is 2. The Kier molecular flexibility index (Phi) is 6.38. The molecule has 1 unspecified atom stereocenters. The van der Waals surface area contributed by atoms with Crippen molar-refractivity contribution in [2.45, 2.75) is 64.8 Å². The summed E-state index contributed by atoms with van der Waals surface area (Å²) in [6, 6.07) is 7.31. The highest BCUT2D eigenvalue weighted by Crippen LogP contribution is 2.25. The second-order valence-electron chi connectivity index (χ2n) is 5.79. The van der Waals surface area contributed by atoms with Crippen molar-refractivity contribution < 1.29 is 4.74 Å². The standard InChI is InChI=1S/C18H29NO/c1-3-17(19-4-2)10-7-13-20-18-12-11-15-8-5-6-9-16(15)14-18/h11-12,14,17,19H,3-10,13H2,1-2H3. The molecule has 0 saturated heterocycles. The lowest BCUT2D eigenvalue weighted by molar-refractivity contribution is 0.294. The molecule has 1 aliphatic carbocycles. The first-order valence-electron chi connectivity index (χ1n) is 8.31. The number of benzene rings is 1. The lowest BCUT2D eigenvalue weighted by Gasteiger charge is -2.18. The molecule has 0 amide bonds. The fourth-order valence-corrected chi connectivity index (χ4v) is 3.06. The Balaban J connectivity index is 1.74. The highest BCUT2D eigenvalue weighted by atomic mass is 16.5. The summed E-state index contributed by atoms with van der Waals surface area (Å²) in [6.45, 7) is 6.31. The predicted octanol–water partition coefficient (Wildman–Crippen LogP) is 4.11. The van der Waals surface area contributed by atoms with E-state index in [4.69, 9.17) is 4.74 Å². The molecule has 1 aromatic carbocycles. The molecule has 2 heteroatoms. The summed E-state index contributed by atoms with van der Waals surface area (Å²) < 4.78 is 5.92. The van der Waals surface area contributed by atoms with Gasteiger partial charge in [0.25, 0.3) is 0 Å². The molecule has 0 spiro atoms. The molecular formula is C18H29NO. The van der Waals surface area contributed by atoms with E-state index in [1.165, 1.54) is 49.7 Å². The molecule has 1 N–H and O–H groups in total. The molecule has 0 radical (unpaired) electrons. The zero-order chi connectivity index (χ0) is 14.2. The lowest BCUT2D eigenvalue weighted by Crippen LogP contribution is -2.28. The van der Waals surface area contributed by atoms with Crippen LogP contribution in [0.15, 0.2) is 18.2 Å². The Morgan fingerprint density at radius 2 is 1.95 bits per heavy atom. The minimum absolute atomic E-state index is 0.645. The molecule has 0 fully saturated rings. The Bertz CT molecular complexity index is 402. The van der Waals surface area contributed by atoms with Gasteiger partial charge in [-0.3, -0.25) is 0 Å². The Morgan fingerprint density at radius 1 is 1.15 bits per heavy atom. The second-order valence-corrected chi connectivity index (χ2v) is 5.79. The van der Waals surface area contributed by atoms with Gasteiger partial charge < -0.3 is 10.1 Å². The second kappa shape index (κ2) is 8.31. The van der Waals surface area contributed by atoms with E-state index in [0.717, 1.165) is 25.3 Å². The van der Waals surface area contributed by atoms with Crippen molar-refractivity contribution in [3.63, 3.8) is 0 Å². The number of nitrogens with one attached hydrogen (secondary N) is 1. The van der Waals surface area contributed by atoms with E-state index in [2.05, 4.69) is 37.4 Å². The van der Waals surface area contributed by atoms with Crippen LogP contribution in [0.1, 0.15) is 57.1 Å². The third-order valence-electron chi connectivity index (χ3n) is 4.27. The number of fused-ring (bicyclic) bond motifs is 1.